The van der Waals surface area contributed by atoms with Crippen molar-refractivity contribution < 1.29 is 18.0 Å². The average Bonchev–Trinajstić information content (AvgIpc) is 3.33. The number of amides is 1. The molecule has 1 aliphatic rings. The zero-order valence-electron chi connectivity index (χ0n) is 21.7. The number of H-pyrrole nitrogens is 1. The number of carbonyl (C=O) groups is 1. The molecule has 1 amide bonds. The Morgan fingerprint density at radius 3 is 2.56 bits per heavy atom. The highest BCUT2D eigenvalue weighted by molar-refractivity contribution is 6.04. The molecule has 6 nitrogen and oxygen atoms in total. The molecule has 0 saturated carbocycles. The minimum Gasteiger partial charge on any atom is -0.322 e. The molecule has 9 heteroatoms. The molecule has 0 radical (unpaired) electrons. The monoisotopic (exact) mass is 531 g/mol. The van der Waals surface area contributed by atoms with Crippen LogP contribution in [-0.2, 0) is 12.7 Å². The van der Waals surface area contributed by atoms with Gasteiger partial charge in [-0.1, -0.05) is 30.2 Å². The van der Waals surface area contributed by atoms with Crippen LogP contribution >= 0.6 is 0 Å². The number of anilines is 1. The highest BCUT2D eigenvalue weighted by Gasteiger charge is 2.34. The minimum absolute atomic E-state index is 0.0894. The molecule has 0 unspecified atom stereocenters. The molecule has 3 aromatic carbocycles. The van der Waals surface area contributed by atoms with E-state index in [-0.39, 0.29) is 17.8 Å². The van der Waals surface area contributed by atoms with Crippen molar-refractivity contribution >= 4 is 22.5 Å². The molecule has 2 N–H and O–H groups in total. The third-order valence-corrected chi connectivity index (χ3v) is 6.95. The number of carbonyl (C=O) groups excluding carboxylic acids is 1. The van der Waals surface area contributed by atoms with Gasteiger partial charge < -0.3 is 10.2 Å². The summed E-state index contributed by atoms with van der Waals surface area (Å²) in [5, 5.41) is 10.7. The van der Waals surface area contributed by atoms with E-state index in [4.69, 9.17) is 0 Å². The fourth-order valence-electron chi connectivity index (χ4n) is 4.59. The van der Waals surface area contributed by atoms with E-state index >= 15 is 0 Å². The topological polar surface area (TPSA) is 64.3 Å². The van der Waals surface area contributed by atoms with E-state index in [0.29, 0.717) is 29.9 Å². The first-order chi connectivity index (χ1) is 18.7. The molecular weight excluding hydrogens is 503 g/mol. The number of rotatable bonds is 4. The van der Waals surface area contributed by atoms with E-state index in [1.807, 2.05) is 43.1 Å². The lowest BCUT2D eigenvalue weighted by molar-refractivity contribution is -0.138. The van der Waals surface area contributed by atoms with Gasteiger partial charge in [-0.25, -0.2) is 0 Å². The number of hydrogen-bond donors (Lipinski definition) is 2. The normalized spacial score (nSPS) is 14.7. The number of piperazine rings is 1. The summed E-state index contributed by atoms with van der Waals surface area (Å²) >= 11 is 0. The van der Waals surface area contributed by atoms with Crippen molar-refractivity contribution in [3.05, 3.63) is 94.2 Å². The summed E-state index contributed by atoms with van der Waals surface area (Å²) in [5.74, 6) is 5.65. The molecule has 2 heterocycles. The predicted octanol–water partition coefficient (Wildman–Crippen LogP) is 5.29. The molecule has 1 fully saturated rings. The van der Waals surface area contributed by atoms with Gasteiger partial charge in [0.2, 0.25) is 0 Å². The Bertz CT molecular complexity index is 1570. The van der Waals surface area contributed by atoms with Crippen LogP contribution in [0.1, 0.15) is 38.3 Å². The van der Waals surface area contributed by atoms with Crippen molar-refractivity contribution in [2.75, 3.05) is 38.5 Å². The van der Waals surface area contributed by atoms with E-state index in [2.05, 4.69) is 32.3 Å². The maximum atomic E-state index is 13.9. The quantitative estimate of drug-likeness (QED) is 0.352. The molecule has 1 aromatic heterocycles. The second-order valence-electron chi connectivity index (χ2n) is 9.80. The number of aromatic nitrogens is 2. The number of aryl methyl sites for hydroxylation is 1. The van der Waals surface area contributed by atoms with Gasteiger partial charge >= 0.3 is 6.18 Å². The van der Waals surface area contributed by atoms with Gasteiger partial charge in [0.25, 0.3) is 5.91 Å². The lowest BCUT2D eigenvalue weighted by atomic mass is 10.0. The number of likely N-dealkylation sites (N-methyl/N-ethyl adjacent to an activating group) is 1. The molecule has 1 saturated heterocycles. The number of nitrogens with zero attached hydrogens (tertiary/aromatic N) is 3. The second kappa shape index (κ2) is 10.9. The van der Waals surface area contributed by atoms with Crippen LogP contribution < -0.4 is 5.32 Å². The Balaban J connectivity index is 1.35. The first kappa shape index (κ1) is 26.5. The van der Waals surface area contributed by atoms with Gasteiger partial charge in [-0.15, -0.1) is 0 Å². The fourth-order valence-corrected chi connectivity index (χ4v) is 4.59. The Kier molecular flexibility index (Phi) is 7.42. The Hall–Kier alpha value is -4.13. The average molecular weight is 532 g/mol. The molecule has 5 rings (SSSR count). The summed E-state index contributed by atoms with van der Waals surface area (Å²) in [6.45, 7) is 5.14. The number of para-hydroxylation sites is 1. The largest absolute Gasteiger partial charge is 0.416 e. The lowest BCUT2D eigenvalue weighted by Gasteiger charge is -2.33. The van der Waals surface area contributed by atoms with Gasteiger partial charge in [-0.3, -0.25) is 14.8 Å². The van der Waals surface area contributed by atoms with Crippen LogP contribution in [0.5, 0.6) is 0 Å². The first-order valence-electron chi connectivity index (χ1n) is 12.7. The summed E-state index contributed by atoms with van der Waals surface area (Å²) in [6, 6.07) is 16.6. The summed E-state index contributed by atoms with van der Waals surface area (Å²) < 4.78 is 41.8. The summed E-state index contributed by atoms with van der Waals surface area (Å²) in [4.78, 5) is 17.2. The Morgan fingerprint density at radius 1 is 1.03 bits per heavy atom. The van der Waals surface area contributed by atoms with E-state index in [9.17, 15) is 18.0 Å². The molecule has 0 aliphatic carbocycles. The maximum Gasteiger partial charge on any atom is 0.416 e. The molecule has 0 bridgehead atoms. The molecule has 200 valence electrons. The first-order valence-corrected chi connectivity index (χ1v) is 12.7. The standard InChI is InChI=1S/C30H28F3N5O/c1-20-7-8-22(17-21(20)10-12-28-25-5-3-4-6-27(25)35-36-28)29(39)34-24-11-9-23(26(18-24)30(31,32)33)19-38-15-13-37(2)14-16-38/h3-9,11,17-18H,13-16,19H2,1-2H3,(H,34,39)(H,35,36). The van der Waals surface area contributed by atoms with E-state index < -0.39 is 17.6 Å². The summed E-state index contributed by atoms with van der Waals surface area (Å²) in [5.41, 5.74) is 2.83. The van der Waals surface area contributed by atoms with Crippen LogP contribution in [0.4, 0.5) is 18.9 Å². The number of nitrogens with one attached hydrogen (secondary N) is 2. The van der Waals surface area contributed by atoms with Gasteiger partial charge in [0.05, 0.1) is 11.1 Å². The van der Waals surface area contributed by atoms with Gasteiger partial charge in [-0.2, -0.15) is 18.3 Å². The highest BCUT2D eigenvalue weighted by Crippen LogP contribution is 2.34. The Labute approximate surface area is 224 Å². The van der Waals surface area contributed by atoms with Crippen LogP contribution in [0, 0.1) is 18.8 Å². The van der Waals surface area contributed by atoms with Gasteiger partial charge in [0.1, 0.15) is 5.69 Å². The molecule has 0 spiro atoms. The van der Waals surface area contributed by atoms with Gasteiger partial charge in [-0.05, 0) is 67.4 Å². The smallest absolute Gasteiger partial charge is 0.322 e. The van der Waals surface area contributed by atoms with Crippen LogP contribution in [0.25, 0.3) is 10.9 Å². The van der Waals surface area contributed by atoms with Crippen molar-refractivity contribution in [1.29, 1.82) is 0 Å². The zero-order valence-corrected chi connectivity index (χ0v) is 21.7. The number of halogens is 3. The van der Waals surface area contributed by atoms with Crippen molar-refractivity contribution in [2.45, 2.75) is 19.6 Å². The number of benzene rings is 3. The maximum absolute atomic E-state index is 13.9. The highest BCUT2D eigenvalue weighted by atomic mass is 19.4. The molecule has 1 aliphatic heterocycles. The Morgan fingerprint density at radius 2 is 1.79 bits per heavy atom. The van der Waals surface area contributed by atoms with Crippen molar-refractivity contribution in [1.82, 2.24) is 20.0 Å². The second-order valence-corrected chi connectivity index (χ2v) is 9.80. The third kappa shape index (κ3) is 6.14. The number of hydrogen-bond acceptors (Lipinski definition) is 4. The zero-order chi connectivity index (χ0) is 27.6. The van der Waals surface area contributed by atoms with Crippen molar-refractivity contribution in [3.8, 4) is 11.8 Å². The van der Waals surface area contributed by atoms with E-state index in [1.165, 1.54) is 12.1 Å². The SMILES string of the molecule is Cc1ccc(C(=O)Nc2ccc(CN3CCN(C)CC3)c(C(F)(F)F)c2)cc1C#Cc1[nH]nc2ccccc12. The fraction of sp³-hybridized carbons (Fsp3) is 0.267. The minimum atomic E-state index is -4.54. The predicted molar refractivity (Wildman–Crippen MR) is 145 cm³/mol. The van der Waals surface area contributed by atoms with Crippen molar-refractivity contribution in [2.24, 2.45) is 0 Å². The lowest BCUT2D eigenvalue weighted by Crippen LogP contribution is -2.44. The summed E-state index contributed by atoms with van der Waals surface area (Å²) in [6.07, 6.45) is -4.54. The van der Waals surface area contributed by atoms with Crippen LogP contribution in [0.15, 0.2) is 60.7 Å². The molecule has 39 heavy (non-hydrogen) atoms. The molecule has 0 atom stereocenters. The number of alkyl halides is 3. The van der Waals surface area contributed by atoms with Crippen LogP contribution in [0.2, 0.25) is 0 Å². The molecule has 4 aromatic rings. The van der Waals surface area contributed by atoms with Crippen molar-refractivity contribution in [3.63, 3.8) is 0 Å². The van der Waals surface area contributed by atoms with E-state index in [1.54, 1.807) is 18.2 Å². The van der Waals surface area contributed by atoms with Gasteiger partial charge in [0, 0.05) is 54.9 Å². The number of fused-ring (bicyclic) bond motifs is 1. The van der Waals surface area contributed by atoms with Gasteiger partial charge in [0.15, 0.2) is 0 Å². The summed E-state index contributed by atoms with van der Waals surface area (Å²) in [7, 11) is 2.00. The van der Waals surface area contributed by atoms with Crippen LogP contribution in [-0.4, -0.2) is 59.1 Å². The molecular formula is C30H28F3N5O. The third-order valence-electron chi connectivity index (χ3n) is 6.95. The number of aromatic amines is 1. The van der Waals surface area contributed by atoms with E-state index in [0.717, 1.165) is 35.6 Å². The van der Waals surface area contributed by atoms with Crippen LogP contribution in [0.3, 0.4) is 0 Å².